The normalized spacial score (nSPS) is 9.57. The molecule has 0 unspecified atom stereocenters. The van der Waals surface area contributed by atoms with Crippen molar-refractivity contribution in [2.24, 2.45) is 0 Å². The lowest BCUT2D eigenvalue weighted by Gasteiger charge is -2.21. The second-order valence-electron chi connectivity index (χ2n) is 4.82. The molecule has 0 heterocycles. The molecule has 0 atom stereocenters. The molecule has 0 aliphatic carbocycles. The molecule has 23 heavy (non-hydrogen) atoms. The van der Waals surface area contributed by atoms with Crippen molar-refractivity contribution >= 4 is 33.5 Å². The van der Waals surface area contributed by atoms with Gasteiger partial charge in [-0.05, 0) is 50.2 Å². The first-order valence-corrected chi connectivity index (χ1v) is 8.36. The number of benzene rings is 2. The van der Waals surface area contributed by atoms with Gasteiger partial charge in [0.1, 0.15) is 5.75 Å². The maximum Gasteiger partial charge on any atom is 0.126 e. The van der Waals surface area contributed by atoms with Crippen LogP contribution in [-0.4, -0.2) is 31.5 Å². The van der Waals surface area contributed by atoms with E-state index in [1.54, 1.807) is 12.1 Å². The Bertz CT molecular complexity index is 610. The van der Waals surface area contributed by atoms with Gasteiger partial charge in [0.15, 0.2) is 0 Å². The van der Waals surface area contributed by atoms with Crippen LogP contribution in [0.15, 0.2) is 46.9 Å². The van der Waals surface area contributed by atoms with E-state index in [9.17, 15) is 5.11 Å². The first-order valence-electron chi connectivity index (χ1n) is 7.57. The zero-order valence-corrected chi connectivity index (χ0v) is 15.4. The number of aromatic hydroxyl groups is 1. The number of halogens is 1. The summed E-state index contributed by atoms with van der Waals surface area (Å²) in [5, 5.41) is 19.6. The van der Waals surface area contributed by atoms with Gasteiger partial charge in [-0.1, -0.05) is 15.9 Å². The summed E-state index contributed by atoms with van der Waals surface area (Å²) in [6, 6.07) is 13.4. The van der Waals surface area contributed by atoms with Gasteiger partial charge in [-0.3, -0.25) is 0 Å². The minimum absolute atomic E-state index is 0.171. The van der Waals surface area contributed by atoms with E-state index in [0.29, 0.717) is 5.56 Å². The summed E-state index contributed by atoms with van der Waals surface area (Å²) in [5.74, 6) is 0.171. The van der Waals surface area contributed by atoms with Crippen molar-refractivity contribution in [3.05, 3.63) is 52.5 Å². The van der Waals surface area contributed by atoms with E-state index >= 15 is 0 Å². The van der Waals surface area contributed by atoms with Crippen LogP contribution in [-0.2, 0) is 0 Å². The van der Waals surface area contributed by atoms with E-state index in [0.717, 1.165) is 35.2 Å². The summed E-state index contributed by atoms with van der Waals surface area (Å²) in [5.41, 5.74) is 2.69. The van der Waals surface area contributed by atoms with Gasteiger partial charge >= 0.3 is 0 Å². The van der Waals surface area contributed by atoms with Crippen molar-refractivity contribution in [2.75, 3.05) is 30.4 Å². The zero-order valence-electron chi connectivity index (χ0n) is 13.8. The van der Waals surface area contributed by atoms with Gasteiger partial charge in [-0.2, -0.15) is 0 Å². The Kier molecular flexibility index (Phi) is 8.19. The standard InChI is InChI=1S/C11H16N2O.C7H8BrN/c1-3-13(4-2)10-6-5-9(8-12)11(14)7-10;1-9-7-4-2-6(8)3-5-7/h5-8,12,14H,3-4H2,1-2H3;2-5,9H,1H3. The van der Waals surface area contributed by atoms with Gasteiger partial charge in [0, 0.05) is 53.8 Å². The smallest absolute Gasteiger partial charge is 0.126 e. The molecule has 0 aromatic heterocycles. The minimum Gasteiger partial charge on any atom is -0.507 e. The molecule has 124 valence electrons. The van der Waals surface area contributed by atoms with Crippen molar-refractivity contribution in [3.8, 4) is 5.75 Å². The Labute approximate surface area is 146 Å². The number of phenolic OH excluding ortho intramolecular Hbond substituents is 1. The van der Waals surface area contributed by atoms with Gasteiger partial charge < -0.3 is 20.7 Å². The molecule has 2 rings (SSSR count). The molecule has 5 heteroatoms. The number of hydrogen-bond acceptors (Lipinski definition) is 4. The first-order chi connectivity index (χ1) is 11.0. The average Bonchev–Trinajstić information content (AvgIpc) is 2.57. The number of rotatable bonds is 5. The van der Waals surface area contributed by atoms with Gasteiger partial charge in [-0.25, -0.2) is 0 Å². The highest BCUT2D eigenvalue weighted by atomic mass is 79.9. The SMILES string of the molecule is CCN(CC)c1ccc(C=N)c(O)c1.CNc1ccc(Br)cc1. The zero-order chi connectivity index (χ0) is 17.2. The van der Waals surface area contributed by atoms with Crippen LogP contribution in [0.5, 0.6) is 5.75 Å². The lowest BCUT2D eigenvalue weighted by molar-refractivity contribution is 0.474. The number of hydrogen-bond donors (Lipinski definition) is 3. The summed E-state index contributed by atoms with van der Waals surface area (Å²) >= 11 is 3.35. The van der Waals surface area contributed by atoms with E-state index in [1.165, 1.54) is 0 Å². The fourth-order valence-electron chi connectivity index (χ4n) is 2.06. The van der Waals surface area contributed by atoms with Crippen LogP contribution in [0.4, 0.5) is 11.4 Å². The molecule has 4 nitrogen and oxygen atoms in total. The fraction of sp³-hybridized carbons (Fsp3) is 0.278. The number of anilines is 2. The van der Waals surface area contributed by atoms with Gasteiger partial charge in [0.2, 0.25) is 0 Å². The van der Waals surface area contributed by atoms with Crippen LogP contribution >= 0.6 is 15.9 Å². The van der Waals surface area contributed by atoms with Gasteiger partial charge in [0.05, 0.1) is 0 Å². The fourth-order valence-corrected chi connectivity index (χ4v) is 2.32. The molecule has 3 N–H and O–H groups in total. The Morgan fingerprint density at radius 2 is 1.74 bits per heavy atom. The molecule has 0 saturated carbocycles. The Morgan fingerprint density at radius 3 is 2.17 bits per heavy atom. The van der Waals surface area contributed by atoms with Crippen LogP contribution in [0.3, 0.4) is 0 Å². The number of nitrogens with one attached hydrogen (secondary N) is 2. The van der Waals surface area contributed by atoms with Crippen molar-refractivity contribution in [1.82, 2.24) is 0 Å². The van der Waals surface area contributed by atoms with E-state index in [4.69, 9.17) is 5.41 Å². The molecule has 0 bridgehead atoms. The topological polar surface area (TPSA) is 59.4 Å². The molecule has 2 aromatic carbocycles. The Hall–Kier alpha value is -2.01. The van der Waals surface area contributed by atoms with Crippen LogP contribution in [0.1, 0.15) is 19.4 Å². The molecule has 0 amide bonds. The number of nitrogens with zero attached hydrogens (tertiary/aromatic N) is 1. The third-order valence-electron chi connectivity index (χ3n) is 3.43. The largest absolute Gasteiger partial charge is 0.507 e. The minimum atomic E-state index is 0.171. The maximum atomic E-state index is 9.55. The van der Waals surface area contributed by atoms with Crippen molar-refractivity contribution in [3.63, 3.8) is 0 Å². The molecular weight excluding hydrogens is 354 g/mol. The molecule has 2 aromatic rings. The first kappa shape index (κ1) is 19.0. The third kappa shape index (κ3) is 5.94. The summed E-state index contributed by atoms with van der Waals surface area (Å²) in [7, 11) is 1.91. The second kappa shape index (κ2) is 9.90. The second-order valence-corrected chi connectivity index (χ2v) is 5.73. The third-order valence-corrected chi connectivity index (χ3v) is 3.96. The average molecular weight is 378 g/mol. The van der Waals surface area contributed by atoms with Crippen LogP contribution < -0.4 is 10.2 Å². The summed E-state index contributed by atoms with van der Waals surface area (Å²) in [4.78, 5) is 2.15. The Balaban J connectivity index is 0.000000253. The molecule has 0 fully saturated rings. The quantitative estimate of drug-likeness (QED) is 0.660. The van der Waals surface area contributed by atoms with E-state index in [2.05, 4.69) is 40.0 Å². The van der Waals surface area contributed by atoms with E-state index in [1.807, 2.05) is 37.4 Å². The molecule has 0 aliphatic heterocycles. The van der Waals surface area contributed by atoms with Crippen LogP contribution in [0.2, 0.25) is 0 Å². The number of phenols is 1. The lowest BCUT2D eigenvalue weighted by Crippen LogP contribution is -2.21. The van der Waals surface area contributed by atoms with Gasteiger partial charge in [0.25, 0.3) is 0 Å². The van der Waals surface area contributed by atoms with Crippen LogP contribution in [0, 0.1) is 5.41 Å². The summed E-state index contributed by atoms with van der Waals surface area (Å²) < 4.78 is 1.11. The van der Waals surface area contributed by atoms with Crippen molar-refractivity contribution in [2.45, 2.75) is 13.8 Å². The monoisotopic (exact) mass is 377 g/mol. The Morgan fingerprint density at radius 1 is 1.13 bits per heavy atom. The van der Waals surface area contributed by atoms with Crippen LogP contribution in [0.25, 0.3) is 0 Å². The highest BCUT2D eigenvalue weighted by molar-refractivity contribution is 9.10. The summed E-state index contributed by atoms with van der Waals surface area (Å²) in [6.07, 6.45) is 1.15. The predicted molar refractivity (Wildman–Crippen MR) is 103 cm³/mol. The van der Waals surface area contributed by atoms with Gasteiger partial charge in [-0.15, -0.1) is 0 Å². The molecule has 0 saturated heterocycles. The highest BCUT2D eigenvalue weighted by Gasteiger charge is 2.04. The predicted octanol–water partition coefficient (Wildman–Crippen LogP) is 4.73. The highest BCUT2D eigenvalue weighted by Crippen LogP contribution is 2.23. The summed E-state index contributed by atoms with van der Waals surface area (Å²) in [6.45, 7) is 5.98. The lowest BCUT2D eigenvalue weighted by atomic mass is 10.2. The van der Waals surface area contributed by atoms with E-state index in [-0.39, 0.29) is 5.75 Å². The molecule has 0 spiro atoms. The molecular formula is C18H24BrN3O. The van der Waals surface area contributed by atoms with Crippen molar-refractivity contribution < 1.29 is 5.11 Å². The molecule has 0 aliphatic rings. The van der Waals surface area contributed by atoms with Crippen molar-refractivity contribution in [1.29, 1.82) is 5.41 Å². The maximum absolute atomic E-state index is 9.55. The van der Waals surface area contributed by atoms with E-state index < -0.39 is 0 Å². The molecule has 0 radical (unpaired) electrons.